The molecule has 2 aromatic heterocycles. The van der Waals surface area contributed by atoms with Crippen molar-refractivity contribution in [1.29, 1.82) is 0 Å². The summed E-state index contributed by atoms with van der Waals surface area (Å²) in [6.07, 6.45) is 3.56. The molecule has 120 valence electrons. The molecule has 0 aliphatic carbocycles. The lowest BCUT2D eigenvalue weighted by Gasteiger charge is -2.02. The number of methoxy groups -OCH3 is 1. The summed E-state index contributed by atoms with van der Waals surface area (Å²) in [5.74, 6) is 5.95. The normalized spacial score (nSPS) is 10.3. The monoisotopic (exact) mass is 354 g/mol. The Labute approximate surface area is 148 Å². The second kappa shape index (κ2) is 7.04. The first-order valence-corrected chi connectivity index (χ1v) is 9.21. The fourth-order valence-electron chi connectivity index (χ4n) is 2.20. The standard InChI is InChI=1S/C18H14N2O2S2/c1-11-4-5-13(18(21)22-2)8-12(11)6-7-14-9-24-16-15(14)19-10-20-17(16)23-3/h4-5,8-10H,1-3H3. The van der Waals surface area contributed by atoms with Crippen molar-refractivity contribution < 1.29 is 9.53 Å². The molecular formula is C18H14N2O2S2. The molecule has 0 N–H and O–H groups in total. The molecule has 4 nitrogen and oxygen atoms in total. The molecule has 0 atom stereocenters. The van der Waals surface area contributed by atoms with E-state index < -0.39 is 0 Å². The number of benzene rings is 1. The molecule has 0 spiro atoms. The fourth-order valence-corrected chi connectivity index (χ4v) is 3.86. The topological polar surface area (TPSA) is 52.1 Å². The van der Waals surface area contributed by atoms with Crippen molar-refractivity contribution >= 4 is 39.3 Å². The second-order valence-electron chi connectivity index (χ2n) is 4.98. The van der Waals surface area contributed by atoms with Gasteiger partial charge in [0.2, 0.25) is 0 Å². The minimum absolute atomic E-state index is 0.364. The van der Waals surface area contributed by atoms with Crippen molar-refractivity contribution in [3.8, 4) is 11.8 Å². The molecule has 0 aliphatic rings. The predicted molar refractivity (Wildman–Crippen MR) is 97.7 cm³/mol. The van der Waals surface area contributed by atoms with Crippen molar-refractivity contribution in [2.45, 2.75) is 11.9 Å². The maximum atomic E-state index is 11.7. The van der Waals surface area contributed by atoms with E-state index in [4.69, 9.17) is 4.74 Å². The van der Waals surface area contributed by atoms with Crippen molar-refractivity contribution in [3.05, 3.63) is 52.2 Å². The number of nitrogens with zero attached hydrogens (tertiary/aromatic N) is 2. The average molecular weight is 354 g/mol. The zero-order valence-corrected chi connectivity index (χ0v) is 15.0. The van der Waals surface area contributed by atoms with E-state index in [0.29, 0.717) is 5.56 Å². The summed E-state index contributed by atoms with van der Waals surface area (Å²) in [6, 6.07) is 5.37. The van der Waals surface area contributed by atoms with Gasteiger partial charge in [0.05, 0.1) is 22.9 Å². The van der Waals surface area contributed by atoms with E-state index in [1.807, 2.05) is 24.6 Å². The Morgan fingerprint density at radius 1 is 1.25 bits per heavy atom. The highest BCUT2D eigenvalue weighted by Gasteiger charge is 2.09. The van der Waals surface area contributed by atoms with Crippen LogP contribution in [0.1, 0.15) is 27.0 Å². The van der Waals surface area contributed by atoms with Crippen LogP contribution in [0.5, 0.6) is 0 Å². The molecule has 0 fully saturated rings. The van der Waals surface area contributed by atoms with Gasteiger partial charge in [0, 0.05) is 10.9 Å². The summed E-state index contributed by atoms with van der Waals surface area (Å²) >= 11 is 3.19. The molecule has 0 unspecified atom stereocenters. The SMILES string of the molecule is COC(=O)c1ccc(C)c(C#Cc2csc3c(SC)ncnc23)c1. The van der Waals surface area contributed by atoms with Crippen LogP contribution < -0.4 is 0 Å². The molecular weight excluding hydrogens is 340 g/mol. The molecule has 1 aromatic carbocycles. The van der Waals surface area contributed by atoms with Crippen LogP contribution >= 0.6 is 23.1 Å². The second-order valence-corrected chi connectivity index (χ2v) is 6.66. The van der Waals surface area contributed by atoms with Gasteiger partial charge >= 0.3 is 5.97 Å². The first-order valence-electron chi connectivity index (χ1n) is 7.11. The number of fused-ring (bicyclic) bond motifs is 1. The van der Waals surface area contributed by atoms with E-state index >= 15 is 0 Å². The van der Waals surface area contributed by atoms with E-state index in [1.165, 1.54) is 7.11 Å². The Morgan fingerprint density at radius 2 is 2.04 bits per heavy atom. The molecule has 3 rings (SSSR count). The lowest BCUT2D eigenvalue weighted by atomic mass is 10.0. The number of aryl methyl sites for hydroxylation is 1. The van der Waals surface area contributed by atoms with E-state index in [1.54, 1.807) is 41.6 Å². The number of hydrogen-bond acceptors (Lipinski definition) is 6. The number of hydrogen-bond donors (Lipinski definition) is 0. The number of esters is 1. The minimum atomic E-state index is -0.364. The number of thioether (sulfide) groups is 1. The van der Waals surface area contributed by atoms with Gasteiger partial charge < -0.3 is 4.74 Å². The molecule has 0 radical (unpaired) electrons. The third kappa shape index (κ3) is 3.14. The number of aromatic nitrogens is 2. The Bertz CT molecular complexity index is 984. The summed E-state index contributed by atoms with van der Waals surface area (Å²) in [5.41, 5.74) is 4.05. The molecule has 0 bridgehead atoms. The quantitative estimate of drug-likeness (QED) is 0.302. The largest absolute Gasteiger partial charge is 0.465 e. The smallest absolute Gasteiger partial charge is 0.337 e. The highest BCUT2D eigenvalue weighted by molar-refractivity contribution is 7.98. The number of ether oxygens (including phenoxy) is 1. The molecule has 6 heteroatoms. The molecule has 24 heavy (non-hydrogen) atoms. The molecule has 2 heterocycles. The Hall–Kier alpha value is -2.36. The third-order valence-corrected chi connectivity index (χ3v) is 5.31. The van der Waals surface area contributed by atoms with Crippen LogP contribution in [-0.2, 0) is 4.74 Å². The van der Waals surface area contributed by atoms with Gasteiger partial charge in [-0.1, -0.05) is 17.9 Å². The lowest BCUT2D eigenvalue weighted by Crippen LogP contribution is -2.01. The molecule has 3 aromatic rings. The minimum Gasteiger partial charge on any atom is -0.465 e. The molecule has 0 saturated carbocycles. The summed E-state index contributed by atoms with van der Waals surface area (Å²) in [7, 11) is 1.37. The van der Waals surface area contributed by atoms with Crippen LogP contribution in [0, 0.1) is 18.8 Å². The predicted octanol–water partition coefficient (Wildman–Crippen LogP) is 3.91. The van der Waals surface area contributed by atoms with Crippen LogP contribution in [0.4, 0.5) is 0 Å². The van der Waals surface area contributed by atoms with Crippen LogP contribution in [-0.4, -0.2) is 29.3 Å². The summed E-state index contributed by atoms with van der Waals surface area (Å²) in [6.45, 7) is 1.96. The van der Waals surface area contributed by atoms with Gasteiger partial charge in [-0.05, 0) is 30.9 Å². The average Bonchev–Trinajstić information content (AvgIpc) is 3.03. The van der Waals surface area contributed by atoms with Gasteiger partial charge in [0.15, 0.2) is 0 Å². The first-order chi connectivity index (χ1) is 11.6. The number of carbonyl (C=O) groups excluding carboxylic acids is 1. The highest BCUT2D eigenvalue weighted by Crippen LogP contribution is 2.30. The zero-order valence-electron chi connectivity index (χ0n) is 13.4. The molecule has 0 aliphatic heterocycles. The van der Waals surface area contributed by atoms with Gasteiger partial charge in [-0.15, -0.1) is 23.1 Å². The van der Waals surface area contributed by atoms with Crippen LogP contribution in [0.3, 0.4) is 0 Å². The van der Waals surface area contributed by atoms with Crippen molar-refractivity contribution in [2.75, 3.05) is 13.4 Å². The molecule has 0 amide bonds. The zero-order chi connectivity index (χ0) is 17.1. The van der Waals surface area contributed by atoms with E-state index in [2.05, 4.69) is 21.8 Å². The maximum Gasteiger partial charge on any atom is 0.337 e. The maximum absolute atomic E-state index is 11.7. The van der Waals surface area contributed by atoms with Crippen LogP contribution in [0.25, 0.3) is 10.2 Å². The van der Waals surface area contributed by atoms with Crippen molar-refractivity contribution in [1.82, 2.24) is 9.97 Å². The Kier molecular flexibility index (Phi) is 4.84. The van der Waals surface area contributed by atoms with Gasteiger partial charge in [0.1, 0.15) is 16.9 Å². The Balaban J connectivity index is 2.03. The van der Waals surface area contributed by atoms with Gasteiger partial charge in [-0.3, -0.25) is 0 Å². The number of carbonyl (C=O) groups is 1. The summed E-state index contributed by atoms with van der Waals surface area (Å²) in [4.78, 5) is 20.3. The van der Waals surface area contributed by atoms with Gasteiger partial charge in [-0.2, -0.15) is 0 Å². The summed E-state index contributed by atoms with van der Waals surface area (Å²) in [5, 5.41) is 2.95. The first kappa shape index (κ1) is 16.5. The van der Waals surface area contributed by atoms with Crippen LogP contribution in [0.2, 0.25) is 0 Å². The van der Waals surface area contributed by atoms with Crippen molar-refractivity contribution in [2.24, 2.45) is 0 Å². The fraction of sp³-hybridized carbons (Fsp3) is 0.167. The molecule has 0 saturated heterocycles. The number of rotatable bonds is 2. The lowest BCUT2D eigenvalue weighted by molar-refractivity contribution is 0.0600. The van der Waals surface area contributed by atoms with Crippen molar-refractivity contribution in [3.63, 3.8) is 0 Å². The number of thiophene rings is 1. The highest BCUT2D eigenvalue weighted by atomic mass is 32.2. The van der Waals surface area contributed by atoms with E-state index in [9.17, 15) is 4.79 Å². The Morgan fingerprint density at radius 3 is 2.79 bits per heavy atom. The van der Waals surface area contributed by atoms with Crippen LogP contribution in [0.15, 0.2) is 34.9 Å². The van der Waals surface area contributed by atoms with Gasteiger partial charge in [-0.25, -0.2) is 14.8 Å². The summed E-state index contributed by atoms with van der Waals surface area (Å²) < 4.78 is 5.81. The van der Waals surface area contributed by atoms with Gasteiger partial charge in [0.25, 0.3) is 0 Å². The third-order valence-electron chi connectivity index (χ3n) is 3.50. The van der Waals surface area contributed by atoms with E-state index in [0.717, 1.165) is 31.9 Å². The van der Waals surface area contributed by atoms with E-state index in [-0.39, 0.29) is 5.97 Å².